The fourth-order valence-electron chi connectivity index (χ4n) is 2.18. The number of carbonyl (C=O) groups is 1. The number of aliphatic hydroxyl groups is 1. The van der Waals surface area contributed by atoms with Gasteiger partial charge in [0.2, 0.25) is 0 Å². The lowest BCUT2D eigenvalue weighted by molar-refractivity contribution is 0.00578. The van der Waals surface area contributed by atoms with Crippen LogP contribution in [0.4, 0.5) is 0 Å². The lowest BCUT2D eigenvalue weighted by atomic mass is 9.77. The maximum Gasteiger partial charge on any atom is 0.492 e. The number of carbonyl (C=O) groups excluding carboxylic acids is 1. The summed E-state index contributed by atoms with van der Waals surface area (Å²) in [5.74, 6) is -0.539. The summed E-state index contributed by atoms with van der Waals surface area (Å²) in [5, 5.41) is 9.71. The summed E-state index contributed by atoms with van der Waals surface area (Å²) in [6, 6.07) is 3.43. The molecule has 0 amide bonds. The molecule has 1 fully saturated rings. The van der Waals surface area contributed by atoms with Crippen molar-refractivity contribution in [2.45, 2.75) is 38.9 Å². The molecule has 1 saturated heterocycles. The first-order valence-corrected chi connectivity index (χ1v) is 7.42. The lowest BCUT2D eigenvalue weighted by Crippen LogP contribution is -2.41. The molecule has 0 spiro atoms. The highest BCUT2D eigenvalue weighted by Gasteiger charge is 2.52. The van der Waals surface area contributed by atoms with E-state index in [1.807, 2.05) is 27.7 Å². The van der Waals surface area contributed by atoms with Crippen LogP contribution in [0.15, 0.2) is 23.8 Å². The van der Waals surface area contributed by atoms with Crippen LogP contribution >= 0.6 is 0 Å². The Kier molecular flexibility index (Phi) is 4.94. The number of aliphatic hydroxyl groups excluding tert-OH is 1. The van der Waals surface area contributed by atoms with Crippen LogP contribution in [0.25, 0.3) is 6.08 Å². The van der Waals surface area contributed by atoms with Crippen molar-refractivity contribution >= 4 is 19.2 Å². The minimum absolute atomic E-state index is 0.178. The highest BCUT2D eigenvalue weighted by molar-refractivity contribution is 6.55. The van der Waals surface area contributed by atoms with Gasteiger partial charge in [-0.3, -0.25) is 0 Å². The van der Waals surface area contributed by atoms with E-state index >= 15 is 0 Å². The molecule has 1 N–H and O–H groups in total. The van der Waals surface area contributed by atoms with E-state index in [-0.39, 0.29) is 12.3 Å². The molecule has 0 aliphatic carbocycles. The molecule has 1 aromatic heterocycles. The second-order valence-electron chi connectivity index (χ2n) is 6.40. The molecule has 0 saturated carbocycles. The first-order chi connectivity index (χ1) is 10.7. The van der Waals surface area contributed by atoms with E-state index < -0.39 is 24.3 Å². The fraction of sp³-hybridized carbons (Fsp3) is 0.500. The van der Waals surface area contributed by atoms with E-state index in [2.05, 4.69) is 4.98 Å². The number of hydrogen-bond acceptors (Lipinski definition) is 6. The number of hydrogen-bond donors (Lipinski definition) is 1. The number of nitrogens with zero attached hydrogens (tertiary/aromatic N) is 1. The maximum absolute atomic E-state index is 11.8. The predicted molar refractivity (Wildman–Crippen MR) is 86.7 cm³/mol. The summed E-state index contributed by atoms with van der Waals surface area (Å²) in [6.45, 7) is 7.49. The number of aromatic nitrogens is 1. The van der Waals surface area contributed by atoms with Crippen molar-refractivity contribution in [1.82, 2.24) is 4.98 Å². The van der Waals surface area contributed by atoms with Gasteiger partial charge in [0, 0.05) is 11.8 Å². The molecule has 6 nitrogen and oxygen atoms in total. The summed E-state index contributed by atoms with van der Waals surface area (Å²) in [6.07, 6.45) is 3.17. The van der Waals surface area contributed by atoms with Gasteiger partial charge in [-0.2, -0.15) is 0 Å². The number of esters is 1. The van der Waals surface area contributed by atoms with Gasteiger partial charge < -0.3 is 19.2 Å². The van der Waals surface area contributed by atoms with Crippen molar-refractivity contribution < 1.29 is 23.9 Å². The van der Waals surface area contributed by atoms with Crippen LogP contribution in [-0.4, -0.2) is 48.1 Å². The molecule has 2 heterocycles. The first-order valence-electron chi connectivity index (χ1n) is 7.42. The van der Waals surface area contributed by atoms with Gasteiger partial charge in [-0.1, -0.05) is 12.1 Å². The normalized spacial score (nSPS) is 19.7. The average Bonchev–Trinajstić information content (AvgIpc) is 2.72. The van der Waals surface area contributed by atoms with Crippen LogP contribution in [0.3, 0.4) is 0 Å². The maximum atomic E-state index is 11.8. The molecule has 1 aliphatic rings. The molecular formula is C16H22BNO5. The predicted octanol–water partition coefficient (Wildman–Crippen LogP) is 1.88. The Morgan fingerprint density at radius 2 is 1.96 bits per heavy atom. The Morgan fingerprint density at radius 3 is 2.48 bits per heavy atom. The molecule has 0 atom stereocenters. The van der Waals surface area contributed by atoms with E-state index in [1.165, 1.54) is 13.3 Å². The second-order valence-corrected chi connectivity index (χ2v) is 6.40. The third kappa shape index (κ3) is 3.47. The molecule has 23 heavy (non-hydrogen) atoms. The van der Waals surface area contributed by atoms with Crippen molar-refractivity contribution in [2.75, 3.05) is 13.7 Å². The highest BCUT2D eigenvalue weighted by atomic mass is 16.7. The molecule has 2 rings (SSSR count). The number of ether oxygens (including phenoxy) is 1. The summed E-state index contributed by atoms with van der Waals surface area (Å²) < 4.78 is 16.6. The zero-order valence-corrected chi connectivity index (χ0v) is 14.1. The van der Waals surface area contributed by atoms with Gasteiger partial charge >= 0.3 is 13.1 Å². The molecule has 0 unspecified atom stereocenters. The van der Waals surface area contributed by atoms with Crippen molar-refractivity contribution in [3.8, 4) is 0 Å². The Balaban J connectivity index is 2.36. The molecule has 7 heteroatoms. The Bertz CT molecular complexity index is 611. The van der Waals surface area contributed by atoms with Gasteiger partial charge in [-0.25, -0.2) is 9.78 Å². The van der Waals surface area contributed by atoms with Gasteiger partial charge in [0.1, 0.15) is 0 Å². The minimum atomic E-state index is -0.685. The molecule has 1 aromatic rings. The summed E-state index contributed by atoms with van der Waals surface area (Å²) in [7, 11) is 0.613. The molecule has 0 radical (unpaired) electrons. The van der Waals surface area contributed by atoms with Gasteiger partial charge in [0.05, 0.1) is 24.9 Å². The summed E-state index contributed by atoms with van der Waals surface area (Å²) in [5.41, 5.74) is 0.218. The van der Waals surface area contributed by atoms with E-state index in [1.54, 1.807) is 18.2 Å². The molecule has 1 aliphatic heterocycles. The van der Waals surface area contributed by atoms with Crippen molar-refractivity contribution in [3.05, 3.63) is 35.1 Å². The SMILES string of the molecule is COC(=O)c1ncccc1C=C(CO)B1OC(C)(C)C(C)(C)O1. The minimum Gasteiger partial charge on any atom is -0.464 e. The van der Waals surface area contributed by atoms with Crippen LogP contribution in [0.2, 0.25) is 0 Å². The van der Waals surface area contributed by atoms with E-state index in [4.69, 9.17) is 14.0 Å². The third-order valence-corrected chi connectivity index (χ3v) is 4.30. The first kappa shape index (κ1) is 17.7. The zero-order valence-electron chi connectivity index (χ0n) is 14.1. The fourth-order valence-corrected chi connectivity index (χ4v) is 2.18. The second kappa shape index (κ2) is 6.43. The van der Waals surface area contributed by atoms with Crippen molar-refractivity contribution in [1.29, 1.82) is 0 Å². The van der Waals surface area contributed by atoms with Crippen molar-refractivity contribution in [3.63, 3.8) is 0 Å². The smallest absolute Gasteiger partial charge is 0.464 e. The van der Waals surface area contributed by atoms with Crippen molar-refractivity contribution in [2.24, 2.45) is 0 Å². The average molecular weight is 319 g/mol. The van der Waals surface area contributed by atoms with Crippen LogP contribution in [0, 0.1) is 0 Å². The van der Waals surface area contributed by atoms with Crippen LogP contribution in [-0.2, 0) is 14.0 Å². The number of pyridine rings is 1. The third-order valence-electron chi connectivity index (χ3n) is 4.30. The van der Waals surface area contributed by atoms with Gasteiger partial charge in [-0.15, -0.1) is 0 Å². The topological polar surface area (TPSA) is 77.9 Å². The van der Waals surface area contributed by atoms with E-state index in [0.717, 1.165) is 0 Å². The molecular weight excluding hydrogens is 297 g/mol. The molecule has 124 valence electrons. The van der Waals surface area contributed by atoms with Gasteiger partial charge in [0.25, 0.3) is 0 Å². The Hall–Kier alpha value is -1.70. The number of methoxy groups -OCH3 is 1. The quantitative estimate of drug-likeness (QED) is 0.674. The summed E-state index contributed by atoms with van der Waals surface area (Å²) >= 11 is 0. The summed E-state index contributed by atoms with van der Waals surface area (Å²) in [4.78, 5) is 15.8. The van der Waals surface area contributed by atoms with Gasteiger partial charge in [-0.05, 0) is 39.2 Å². The van der Waals surface area contributed by atoms with Crippen LogP contribution in [0.5, 0.6) is 0 Å². The van der Waals surface area contributed by atoms with Crippen LogP contribution < -0.4 is 0 Å². The number of rotatable bonds is 4. The zero-order chi connectivity index (χ0) is 17.3. The highest BCUT2D eigenvalue weighted by Crippen LogP contribution is 2.38. The molecule has 0 bridgehead atoms. The van der Waals surface area contributed by atoms with E-state index in [0.29, 0.717) is 11.0 Å². The Labute approximate surface area is 136 Å². The van der Waals surface area contributed by atoms with Crippen LogP contribution in [0.1, 0.15) is 43.7 Å². The van der Waals surface area contributed by atoms with E-state index in [9.17, 15) is 9.90 Å². The largest absolute Gasteiger partial charge is 0.492 e. The standard InChI is InChI=1S/C16H22BNO5/c1-15(2)16(3,4)23-17(22-15)12(10-19)9-11-7-6-8-18-13(11)14(20)21-5/h6-9,19H,10H2,1-5H3. The monoisotopic (exact) mass is 319 g/mol. The Morgan fingerprint density at radius 1 is 1.35 bits per heavy atom. The molecule has 0 aromatic carbocycles. The lowest BCUT2D eigenvalue weighted by Gasteiger charge is -2.32. The van der Waals surface area contributed by atoms with Gasteiger partial charge in [0.15, 0.2) is 5.69 Å².